The number of benzene rings is 4. The second kappa shape index (κ2) is 30.9. The smallest absolute Gasteiger partial charge is 0.490 e. The van der Waals surface area contributed by atoms with Crippen LogP contribution in [0.25, 0.3) is 0 Å². The molecule has 25 heteroatoms. The van der Waals surface area contributed by atoms with Crippen molar-refractivity contribution < 1.29 is 84.5 Å². The molecular formula is C47H52Cl4F7N3O11. The summed E-state index contributed by atoms with van der Waals surface area (Å²) in [5, 5.41) is 41.5. The van der Waals surface area contributed by atoms with Gasteiger partial charge in [0.1, 0.15) is 65.6 Å². The van der Waals surface area contributed by atoms with Gasteiger partial charge in [-0.15, -0.1) is 0 Å². The van der Waals surface area contributed by atoms with Crippen LogP contribution in [0.4, 0.5) is 30.7 Å². The van der Waals surface area contributed by atoms with E-state index >= 15 is 0 Å². The molecule has 1 amide bonds. The lowest BCUT2D eigenvalue weighted by atomic mass is 9.99. The molecular weight excluding hydrogens is 1060 g/mol. The van der Waals surface area contributed by atoms with E-state index in [9.17, 15) is 50.5 Å². The minimum Gasteiger partial charge on any atom is -0.491 e. The van der Waals surface area contributed by atoms with Gasteiger partial charge in [-0.1, -0.05) is 46.4 Å². The summed E-state index contributed by atoms with van der Waals surface area (Å²) in [4.78, 5) is 31.1. The zero-order valence-corrected chi connectivity index (χ0v) is 41.0. The third kappa shape index (κ3) is 24.1. The SMILES string of the molecule is N[C@H]1CC[C@H](CCC(O)COc2ccc(Cl)c(F)c2)C1.O=C(COc1ccc(Cl)c(F)c1)N[C@H]1CC[C@H](NCC(O)COc2ccc(Cl)c(F)c2)C1.O=C(O)C(F)(F)F.O=C(O)COc1ccc(Cl)c(F)c1. The number of halogens is 11. The third-order valence-electron chi connectivity index (χ3n) is 10.4. The van der Waals surface area contributed by atoms with E-state index in [2.05, 4.69) is 10.6 Å². The van der Waals surface area contributed by atoms with Crippen LogP contribution in [-0.2, 0) is 14.4 Å². The molecule has 2 saturated carbocycles. The molecule has 4 aromatic rings. The van der Waals surface area contributed by atoms with Crippen LogP contribution >= 0.6 is 46.4 Å². The van der Waals surface area contributed by atoms with Crippen LogP contribution in [0.5, 0.6) is 23.0 Å². The molecule has 14 nitrogen and oxygen atoms in total. The molecule has 0 aliphatic heterocycles. The largest absolute Gasteiger partial charge is 0.491 e. The molecule has 2 aliphatic carbocycles. The number of carbonyl (C=O) groups excluding carboxylic acids is 1. The van der Waals surface area contributed by atoms with Gasteiger partial charge in [0.2, 0.25) is 0 Å². The average molecular weight is 1110 g/mol. The molecule has 6 atom stereocenters. The number of aliphatic carboxylic acids is 2. The third-order valence-corrected chi connectivity index (χ3v) is 11.6. The van der Waals surface area contributed by atoms with Gasteiger partial charge in [-0.3, -0.25) is 4.79 Å². The number of amides is 1. The summed E-state index contributed by atoms with van der Waals surface area (Å²) in [5.74, 6) is -4.85. The van der Waals surface area contributed by atoms with Crippen molar-refractivity contribution in [3.05, 3.63) is 116 Å². The molecule has 0 radical (unpaired) electrons. The highest BCUT2D eigenvalue weighted by molar-refractivity contribution is 6.31. The Morgan fingerprint density at radius 1 is 0.625 bits per heavy atom. The maximum Gasteiger partial charge on any atom is 0.490 e. The quantitative estimate of drug-likeness (QED) is 0.0436. The van der Waals surface area contributed by atoms with Crippen LogP contribution < -0.4 is 35.3 Å². The van der Waals surface area contributed by atoms with Crippen LogP contribution in [0.1, 0.15) is 51.4 Å². The predicted octanol–water partition coefficient (Wildman–Crippen LogP) is 9.42. The molecule has 6 rings (SSSR count). The molecule has 0 heterocycles. The molecule has 72 heavy (non-hydrogen) atoms. The number of rotatable bonds is 19. The predicted molar refractivity (Wildman–Crippen MR) is 253 cm³/mol. The number of carboxylic acid groups (broad SMARTS) is 2. The Labute approximate surface area is 429 Å². The van der Waals surface area contributed by atoms with Gasteiger partial charge in [0.25, 0.3) is 5.91 Å². The van der Waals surface area contributed by atoms with E-state index in [0.29, 0.717) is 37.1 Å². The van der Waals surface area contributed by atoms with E-state index in [1.807, 2.05) is 0 Å². The van der Waals surface area contributed by atoms with E-state index in [0.717, 1.165) is 50.7 Å². The Morgan fingerprint density at radius 2 is 1.04 bits per heavy atom. The fraction of sp³-hybridized carbons (Fsp3) is 0.426. The number of nitrogens with one attached hydrogen (secondary N) is 2. The number of nitrogens with two attached hydrogens (primary N) is 1. The number of hydrogen-bond donors (Lipinski definition) is 7. The number of hydrogen-bond acceptors (Lipinski definition) is 11. The Hall–Kier alpha value is -5.00. The first-order valence-electron chi connectivity index (χ1n) is 21.9. The molecule has 0 bridgehead atoms. The lowest BCUT2D eigenvalue weighted by Gasteiger charge is -2.18. The molecule has 4 aromatic carbocycles. The minimum absolute atomic E-state index is 0.00356. The maximum absolute atomic E-state index is 13.4. The summed E-state index contributed by atoms with van der Waals surface area (Å²) in [6.07, 6.45) is 0.868. The second-order valence-corrected chi connectivity index (χ2v) is 17.8. The average Bonchev–Trinajstić information content (AvgIpc) is 3.97. The summed E-state index contributed by atoms with van der Waals surface area (Å²) in [7, 11) is 0. The van der Waals surface area contributed by atoms with Crippen molar-refractivity contribution in [2.45, 2.75) is 87.9 Å². The summed E-state index contributed by atoms with van der Waals surface area (Å²) >= 11 is 22.2. The van der Waals surface area contributed by atoms with Crippen molar-refractivity contribution >= 4 is 64.2 Å². The van der Waals surface area contributed by atoms with E-state index < -0.39 is 60.2 Å². The highest BCUT2D eigenvalue weighted by Crippen LogP contribution is 2.29. The Balaban J connectivity index is 0.000000290. The molecule has 2 fully saturated rings. The molecule has 398 valence electrons. The number of ether oxygens (including phenoxy) is 4. The van der Waals surface area contributed by atoms with Crippen LogP contribution in [-0.4, -0.2) is 108 Å². The Bertz CT molecular complexity index is 2360. The van der Waals surface area contributed by atoms with Crippen LogP contribution in [0.15, 0.2) is 72.8 Å². The zero-order chi connectivity index (χ0) is 53.5. The number of aliphatic hydroxyl groups excluding tert-OH is 2. The molecule has 2 unspecified atom stereocenters. The lowest BCUT2D eigenvalue weighted by molar-refractivity contribution is -0.192. The van der Waals surface area contributed by atoms with Gasteiger partial charge in [-0.2, -0.15) is 13.2 Å². The van der Waals surface area contributed by atoms with Gasteiger partial charge in [0.15, 0.2) is 13.2 Å². The molecule has 0 aromatic heterocycles. The van der Waals surface area contributed by atoms with Crippen molar-refractivity contribution in [1.29, 1.82) is 0 Å². The van der Waals surface area contributed by atoms with Gasteiger partial charge >= 0.3 is 18.1 Å². The first-order valence-corrected chi connectivity index (χ1v) is 23.4. The van der Waals surface area contributed by atoms with Crippen molar-refractivity contribution in [2.75, 3.05) is 33.0 Å². The van der Waals surface area contributed by atoms with Crippen molar-refractivity contribution in [1.82, 2.24) is 10.6 Å². The monoisotopic (exact) mass is 1110 g/mol. The van der Waals surface area contributed by atoms with Crippen molar-refractivity contribution in [2.24, 2.45) is 11.7 Å². The standard InChI is InChI=1S/C22H24Cl2F2N2O4.C15H21ClFNO2.C8H6ClFO3.C2HF3O2/c23-18-5-3-16(8-20(18)25)31-11-15(29)10-27-13-1-2-14(7-13)28-22(30)12-32-17-4-6-19(24)21(26)9-17;16-14-6-5-13(8-15(14)17)20-9-12(19)4-2-10-1-3-11(18)7-10;9-6-2-1-5(3-7(6)10)13-4-8(11)12;3-2(4,5)1(6)7/h3-6,8-9,13-15,27,29H,1-2,7,10-12H2,(H,28,30);5-6,8,10-12,19H,1-4,7,9,18H2;1-3H,4H2,(H,11,12);(H,6,7)/t13-,14-,15?;10-,11+,12?;;/m01../s1. The second-order valence-electron chi connectivity index (χ2n) is 16.2. The fourth-order valence-electron chi connectivity index (χ4n) is 6.76. The van der Waals surface area contributed by atoms with Gasteiger partial charge < -0.3 is 55.7 Å². The van der Waals surface area contributed by atoms with Crippen molar-refractivity contribution in [3.63, 3.8) is 0 Å². The van der Waals surface area contributed by atoms with Crippen molar-refractivity contribution in [3.8, 4) is 23.0 Å². The van der Waals surface area contributed by atoms with Gasteiger partial charge in [0, 0.05) is 48.9 Å². The number of carboxylic acids is 2. The Kier molecular flexibility index (Phi) is 26.3. The molecule has 8 N–H and O–H groups in total. The number of aliphatic hydroxyl groups is 2. The molecule has 2 aliphatic rings. The molecule has 0 saturated heterocycles. The fourth-order valence-corrected chi connectivity index (χ4v) is 7.23. The summed E-state index contributed by atoms with van der Waals surface area (Å²) < 4.78 is 105. The van der Waals surface area contributed by atoms with E-state index in [4.69, 9.17) is 86.1 Å². The first-order chi connectivity index (χ1) is 33.9. The highest BCUT2D eigenvalue weighted by Gasteiger charge is 2.38. The number of alkyl halides is 3. The Morgan fingerprint density at radius 3 is 1.44 bits per heavy atom. The van der Waals surface area contributed by atoms with Gasteiger partial charge in [-0.25, -0.2) is 27.2 Å². The van der Waals surface area contributed by atoms with Crippen LogP contribution in [0, 0.1) is 29.2 Å². The summed E-state index contributed by atoms with van der Waals surface area (Å²) in [6.45, 7) is -0.256. The maximum atomic E-state index is 13.4. The molecule has 0 spiro atoms. The highest BCUT2D eigenvalue weighted by atomic mass is 35.5. The summed E-state index contributed by atoms with van der Waals surface area (Å²) in [5.41, 5.74) is 5.86. The van der Waals surface area contributed by atoms with Gasteiger partial charge in [0.05, 0.1) is 26.2 Å². The first kappa shape index (κ1) is 61.3. The minimum atomic E-state index is -5.08. The topological polar surface area (TPSA) is 219 Å². The summed E-state index contributed by atoms with van der Waals surface area (Å²) in [6, 6.07) is 16.5. The zero-order valence-electron chi connectivity index (χ0n) is 38.0. The lowest BCUT2D eigenvalue weighted by Crippen LogP contribution is -2.40. The van der Waals surface area contributed by atoms with Gasteiger partial charge in [-0.05, 0) is 106 Å². The van der Waals surface area contributed by atoms with E-state index in [1.54, 1.807) is 6.07 Å². The number of carbonyl (C=O) groups is 3. The normalized spacial score (nSPS) is 17.9. The van der Waals surface area contributed by atoms with Crippen LogP contribution in [0.2, 0.25) is 20.1 Å². The van der Waals surface area contributed by atoms with E-state index in [-0.39, 0.29) is 75.2 Å². The van der Waals surface area contributed by atoms with E-state index in [1.165, 1.54) is 54.6 Å². The van der Waals surface area contributed by atoms with Crippen LogP contribution in [0.3, 0.4) is 0 Å².